The fourth-order valence-corrected chi connectivity index (χ4v) is 2.51. The molecule has 2 rings (SSSR count). The van der Waals surface area contributed by atoms with E-state index in [1.54, 1.807) is 6.08 Å². The second-order valence-electron chi connectivity index (χ2n) is 5.18. The van der Waals surface area contributed by atoms with Gasteiger partial charge in [0.1, 0.15) is 0 Å². The Balaban J connectivity index is 1.70. The summed E-state index contributed by atoms with van der Waals surface area (Å²) in [5, 5.41) is 3.59. The minimum absolute atomic E-state index is 0.00671. The fourth-order valence-electron chi connectivity index (χ4n) is 2.38. The number of halogens is 1. The normalized spacial score (nSPS) is 15.8. The van der Waals surface area contributed by atoms with Gasteiger partial charge in [-0.1, -0.05) is 29.8 Å². The number of piperazine rings is 1. The van der Waals surface area contributed by atoms with Gasteiger partial charge in [-0.3, -0.25) is 4.90 Å². The molecule has 1 heterocycles. The van der Waals surface area contributed by atoms with Crippen LogP contribution in [0, 0.1) is 0 Å². The molecular formula is C16H22ClN3O. The van der Waals surface area contributed by atoms with E-state index in [2.05, 4.69) is 28.9 Å². The van der Waals surface area contributed by atoms with Crippen LogP contribution in [0.25, 0.3) is 0 Å². The number of amides is 2. The first-order chi connectivity index (χ1) is 10.2. The lowest BCUT2D eigenvalue weighted by Gasteiger charge is -2.34. The van der Waals surface area contributed by atoms with Crippen molar-refractivity contribution in [3.05, 3.63) is 47.5 Å². The monoisotopic (exact) mass is 307 g/mol. The van der Waals surface area contributed by atoms with Gasteiger partial charge in [0, 0.05) is 44.3 Å². The fraction of sp³-hybridized carbons (Fsp3) is 0.438. The Morgan fingerprint density at radius 2 is 1.90 bits per heavy atom. The van der Waals surface area contributed by atoms with E-state index in [4.69, 9.17) is 11.6 Å². The molecule has 0 radical (unpaired) electrons. The Morgan fingerprint density at radius 1 is 1.24 bits per heavy atom. The summed E-state index contributed by atoms with van der Waals surface area (Å²) < 4.78 is 0. The van der Waals surface area contributed by atoms with Crippen LogP contribution in [0.2, 0.25) is 5.02 Å². The first kappa shape index (κ1) is 15.9. The van der Waals surface area contributed by atoms with Crippen molar-refractivity contribution >= 4 is 17.6 Å². The highest BCUT2D eigenvalue weighted by atomic mass is 35.5. The Kier molecular flexibility index (Phi) is 6.08. The molecule has 0 saturated carbocycles. The van der Waals surface area contributed by atoms with Crippen molar-refractivity contribution in [2.45, 2.75) is 6.42 Å². The molecule has 0 unspecified atom stereocenters. The third-order valence-electron chi connectivity index (χ3n) is 3.69. The topological polar surface area (TPSA) is 35.6 Å². The summed E-state index contributed by atoms with van der Waals surface area (Å²) in [6.45, 7) is 8.55. The minimum atomic E-state index is 0.00671. The van der Waals surface area contributed by atoms with Gasteiger partial charge in [-0.2, -0.15) is 0 Å². The highest BCUT2D eigenvalue weighted by molar-refractivity contribution is 6.30. The Hall–Kier alpha value is -1.52. The molecule has 0 bridgehead atoms. The van der Waals surface area contributed by atoms with Crippen molar-refractivity contribution in [3.8, 4) is 0 Å². The van der Waals surface area contributed by atoms with Crippen molar-refractivity contribution < 1.29 is 4.79 Å². The SMILES string of the molecule is C=CCNC(=O)N1CCN(CCc2ccc(Cl)cc2)CC1. The first-order valence-corrected chi connectivity index (χ1v) is 7.67. The highest BCUT2D eigenvalue weighted by Crippen LogP contribution is 2.11. The van der Waals surface area contributed by atoms with Gasteiger partial charge in [0.15, 0.2) is 0 Å². The molecule has 2 amide bonds. The molecule has 0 aromatic heterocycles. The van der Waals surface area contributed by atoms with Crippen LogP contribution in [0.1, 0.15) is 5.56 Å². The maximum absolute atomic E-state index is 11.8. The maximum Gasteiger partial charge on any atom is 0.317 e. The number of rotatable bonds is 5. The number of urea groups is 1. The molecule has 0 aliphatic carbocycles. The van der Waals surface area contributed by atoms with Crippen LogP contribution in [0.5, 0.6) is 0 Å². The smallest absolute Gasteiger partial charge is 0.317 e. The van der Waals surface area contributed by atoms with Crippen LogP contribution in [0.15, 0.2) is 36.9 Å². The van der Waals surface area contributed by atoms with Gasteiger partial charge in [-0.15, -0.1) is 6.58 Å². The summed E-state index contributed by atoms with van der Waals surface area (Å²) in [4.78, 5) is 16.1. The molecule has 0 spiro atoms. The number of carbonyl (C=O) groups excluding carboxylic acids is 1. The Labute approximate surface area is 131 Å². The van der Waals surface area contributed by atoms with Gasteiger partial charge >= 0.3 is 6.03 Å². The number of nitrogens with zero attached hydrogens (tertiary/aromatic N) is 2. The zero-order chi connectivity index (χ0) is 15.1. The molecule has 114 valence electrons. The number of hydrogen-bond acceptors (Lipinski definition) is 2. The van der Waals surface area contributed by atoms with E-state index in [1.807, 2.05) is 17.0 Å². The van der Waals surface area contributed by atoms with Gasteiger partial charge in [-0.05, 0) is 24.1 Å². The maximum atomic E-state index is 11.8. The van der Waals surface area contributed by atoms with Gasteiger partial charge in [0.25, 0.3) is 0 Å². The van der Waals surface area contributed by atoms with Crippen molar-refractivity contribution in [3.63, 3.8) is 0 Å². The molecule has 0 atom stereocenters. The Bertz CT molecular complexity index is 467. The van der Waals surface area contributed by atoms with Crippen molar-refractivity contribution in [1.29, 1.82) is 0 Å². The summed E-state index contributed by atoms with van der Waals surface area (Å²) in [6, 6.07) is 8.01. The van der Waals surface area contributed by atoms with Crippen LogP contribution < -0.4 is 5.32 Å². The van der Waals surface area contributed by atoms with Crippen LogP contribution in [-0.4, -0.2) is 55.1 Å². The van der Waals surface area contributed by atoms with Gasteiger partial charge in [0.05, 0.1) is 0 Å². The standard InChI is InChI=1S/C16H22ClN3O/c1-2-8-18-16(21)20-12-10-19(11-13-20)9-7-14-3-5-15(17)6-4-14/h2-6H,1,7-13H2,(H,18,21). The summed E-state index contributed by atoms with van der Waals surface area (Å²) in [6.07, 6.45) is 2.71. The molecule has 1 aromatic carbocycles. The van der Waals surface area contributed by atoms with Gasteiger partial charge in [-0.25, -0.2) is 4.79 Å². The minimum Gasteiger partial charge on any atom is -0.335 e. The molecular weight excluding hydrogens is 286 g/mol. The molecule has 1 saturated heterocycles. The summed E-state index contributed by atoms with van der Waals surface area (Å²) in [5.74, 6) is 0. The van der Waals surface area contributed by atoms with Crippen molar-refractivity contribution in [2.75, 3.05) is 39.3 Å². The lowest BCUT2D eigenvalue weighted by molar-refractivity contribution is 0.141. The quantitative estimate of drug-likeness (QED) is 0.848. The summed E-state index contributed by atoms with van der Waals surface area (Å²) >= 11 is 5.88. The van der Waals surface area contributed by atoms with E-state index in [0.29, 0.717) is 6.54 Å². The lowest BCUT2D eigenvalue weighted by Crippen LogP contribution is -2.52. The average molecular weight is 308 g/mol. The van der Waals surface area contributed by atoms with Crippen molar-refractivity contribution in [2.24, 2.45) is 0 Å². The zero-order valence-corrected chi connectivity index (χ0v) is 13.0. The second kappa shape index (κ2) is 8.05. The zero-order valence-electron chi connectivity index (χ0n) is 12.2. The first-order valence-electron chi connectivity index (χ1n) is 7.29. The molecule has 1 aliphatic rings. The third kappa shape index (κ3) is 5.06. The molecule has 5 heteroatoms. The molecule has 1 aromatic rings. The molecule has 4 nitrogen and oxygen atoms in total. The predicted octanol–water partition coefficient (Wildman–Crippen LogP) is 2.40. The number of nitrogens with one attached hydrogen (secondary N) is 1. The van der Waals surface area contributed by atoms with Gasteiger partial charge < -0.3 is 10.2 Å². The van der Waals surface area contributed by atoms with E-state index in [-0.39, 0.29) is 6.03 Å². The molecule has 21 heavy (non-hydrogen) atoms. The second-order valence-corrected chi connectivity index (χ2v) is 5.62. The lowest BCUT2D eigenvalue weighted by atomic mass is 10.1. The number of hydrogen-bond donors (Lipinski definition) is 1. The van der Waals surface area contributed by atoms with Crippen LogP contribution >= 0.6 is 11.6 Å². The molecule has 1 fully saturated rings. The summed E-state index contributed by atoms with van der Waals surface area (Å²) in [7, 11) is 0. The van der Waals surface area contributed by atoms with Crippen LogP contribution in [0.3, 0.4) is 0 Å². The number of carbonyl (C=O) groups is 1. The third-order valence-corrected chi connectivity index (χ3v) is 3.94. The predicted molar refractivity (Wildman–Crippen MR) is 86.8 cm³/mol. The van der Waals surface area contributed by atoms with Gasteiger partial charge in [0.2, 0.25) is 0 Å². The number of benzene rings is 1. The van der Waals surface area contributed by atoms with E-state index in [9.17, 15) is 4.79 Å². The van der Waals surface area contributed by atoms with Crippen LogP contribution in [0.4, 0.5) is 4.79 Å². The van der Waals surface area contributed by atoms with E-state index < -0.39 is 0 Å². The molecule has 1 N–H and O–H groups in total. The van der Waals surface area contributed by atoms with Crippen molar-refractivity contribution in [1.82, 2.24) is 15.1 Å². The molecule has 1 aliphatic heterocycles. The summed E-state index contributed by atoms with van der Waals surface area (Å²) in [5.41, 5.74) is 1.30. The highest BCUT2D eigenvalue weighted by Gasteiger charge is 2.20. The van der Waals surface area contributed by atoms with E-state index >= 15 is 0 Å². The Morgan fingerprint density at radius 3 is 2.52 bits per heavy atom. The average Bonchev–Trinajstić information content (AvgIpc) is 2.52. The van der Waals surface area contributed by atoms with Crippen LogP contribution in [-0.2, 0) is 6.42 Å². The van der Waals surface area contributed by atoms with E-state index in [1.165, 1.54) is 5.56 Å². The van der Waals surface area contributed by atoms with E-state index in [0.717, 1.165) is 44.2 Å². The largest absolute Gasteiger partial charge is 0.335 e.